The van der Waals surface area contributed by atoms with Crippen LogP contribution in [0.1, 0.15) is 25.8 Å². The zero-order valence-electron chi connectivity index (χ0n) is 12.7. The molecule has 0 spiro atoms. The quantitative estimate of drug-likeness (QED) is 0.769. The van der Waals surface area contributed by atoms with Crippen molar-refractivity contribution in [1.29, 1.82) is 0 Å². The number of carbonyl (C=O) groups is 1. The van der Waals surface area contributed by atoms with Crippen molar-refractivity contribution in [3.63, 3.8) is 0 Å². The summed E-state index contributed by atoms with van der Waals surface area (Å²) in [5.41, 5.74) is 12.1. The van der Waals surface area contributed by atoms with Crippen molar-refractivity contribution in [2.75, 3.05) is 13.7 Å². The van der Waals surface area contributed by atoms with E-state index in [4.69, 9.17) is 32.5 Å². The van der Waals surface area contributed by atoms with E-state index >= 15 is 0 Å². The van der Waals surface area contributed by atoms with Gasteiger partial charge in [-0.05, 0) is 30.5 Å². The van der Waals surface area contributed by atoms with Gasteiger partial charge in [0.1, 0.15) is 0 Å². The van der Waals surface area contributed by atoms with Crippen LogP contribution in [0, 0.1) is 5.92 Å². The standard InChI is InChI=1S/C15H23ClN2O3/c1-4-11(17)5-10-6-12(16)14(13(7-10)20-3)21-8-9(2)15(18)19/h6-7,9,11H,4-5,8,17H2,1-3H3,(H2,18,19). The molecule has 0 aromatic heterocycles. The number of amides is 1. The molecule has 0 radical (unpaired) electrons. The maximum absolute atomic E-state index is 11.0. The van der Waals surface area contributed by atoms with Crippen molar-refractivity contribution in [1.82, 2.24) is 0 Å². The SMILES string of the molecule is CCC(N)Cc1cc(Cl)c(OCC(C)C(N)=O)c(OC)c1. The summed E-state index contributed by atoms with van der Waals surface area (Å²) < 4.78 is 10.9. The Morgan fingerprint density at radius 2 is 2.10 bits per heavy atom. The summed E-state index contributed by atoms with van der Waals surface area (Å²) in [6, 6.07) is 3.74. The van der Waals surface area contributed by atoms with Crippen LogP contribution in [0.15, 0.2) is 12.1 Å². The Labute approximate surface area is 130 Å². The predicted octanol–water partition coefficient (Wildman–Crippen LogP) is 2.13. The fraction of sp³-hybridized carbons (Fsp3) is 0.533. The Hall–Kier alpha value is -1.46. The summed E-state index contributed by atoms with van der Waals surface area (Å²) in [7, 11) is 1.54. The van der Waals surface area contributed by atoms with E-state index in [0.717, 1.165) is 12.0 Å². The molecule has 6 heteroatoms. The summed E-state index contributed by atoms with van der Waals surface area (Å²) in [6.45, 7) is 3.88. The van der Waals surface area contributed by atoms with E-state index in [-0.39, 0.29) is 12.6 Å². The van der Waals surface area contributed by atoms with Crippen LogP contribution in [0.2, 0.25) is 5.02 Å². The van der Waals surface area contributed by atoms with Crippen LogP contribution >= 0.6 is 11.6 Å². The number of halogens is 1. The van der Waals surface area contributed by atoms with E-state index in [1.807, 2.05) is 19.1 Å². The summed E-state index contributed by atoms with van der Waals surface area (Å²) in [4.78, 5) is 11.0. The average Bonchev–Trinajstić information content (AvgIpc) is 2.44. The molecule has 0 fully saturated rings. The van der Waals surface area contributed by atoms with Gasteiger partial charge in [0.25, 0.3) is 0 Å². The molecule has 5 nitrogen and oxygen atoms in total. The van der Waals surface area contributed by atoms with Crippen molar-refractivity contribution in [2.24, 2.45) is 17.4 Å². The van der Waals surface area contributed by atoms with Crippen LogP contribution in [0.4, 0.5) is 0 Å². The van der Waals surface area contributed by atoms with Gasteiger partial charge in [-0.25, -0.2) is 0 Å². The highest BCUT2D eigenvalue weighted by Gasteiger charge is 2.16. The number of hydrogen-bond donors (Lipinski definition) is 2. The van der Waals surface area contributed by atoms with Crippen molar-refractivity contribution < 1.29 is 14.3 Å². The molecule has 118 valence electrons. The van der Waals surface area contributed by atoms with Gasteiger partial charge in [-0.15, -0.1) is 0 Å². The number of ether oxygens (including phenoxy) is 2. The molecule has 0 saturated heterocycles. The topological polar surface area (TPSA) is 87.6 Å². The summed E-state index contributed by atoms with van der Waals surface area (Å²) in [5, 5.41) is 0.435. The molecule has 0 heterocycles. The largest absolute Gasteiger partial charge is 0.493 e. The van der Waals surface area contributed by atoms with Crippen molar-refractivity contribution in [3.8, 4) is 11.5 Å². The van der Waals surface area contributed by atoms with E-state index in [1.54, 1.807) is 14.0 Å². The normalized spacial score (nSPS) is 13.6. The van der Waals surface area contributed by atoms with Gasteiger partial charge in [0, 0.05) is 6.04 Å². The Morgan fingerprint density at radius 1 is 1.43 bits per heavy atom. The Balaban J connectivity index is 2.92. The fourth-order valence-electron chi connectivity index (χ4n) is 1.77. The molecule has 0 aliphatic rings. The fourth-order valence-corrected chi connectivity index (χ4v) is 2.06. The summed E-state index contributed by atoms with van der Waals surface area (Å²) in [6.07, 6.45) is 1.60. The minimum atomic E-state index is -0.421. The molecule has 0 saturated carbocycles. The summed E-state index contributed by atoms with van der Waals surface area (Å²) in [5.74, 6) is 0.119. The predicted molar refractivity (Wildman–Crippen MR) is 83.8 cm³/mol. The highest BCUT2D eigenvalue weighted by Crippen LogP contribution is 2.37. The van der Waals surface area contributed by atoms with Gasteiger partial charge in [0.15, 0.2) is 11.5 Å². The van der Waals surface area contributed by atoms with Gasteiger partial charge in [0.05, 0.1) is 24.7 Å². The smallest absolute Gasteiger partial charge is 0.223 e. The summed E-state index contributed by atoms with van der Waals surface area (Å²) >= 11 is 6.24. The van der Waals surface area contributed by atoms with E-state index < -0.39 is 11.8 Å². The van der Waals surface area contributed by atoms with Gasteiger partial charge < -0.3 is 20.9 Å². The van der Waals surface area contributed by atoms with E-state index in [2.05, 4.69) is 0 Å². The lowest BCUT2D eigenvalue weighted by atomic mass is 10.0. The van der Waals surface area contributed by atoms with E-state index in [0.29, 0.717) is 22.9 Å². The minimum Gasteiger partial charge on any atom is -0.493 e. The number of methoxy groups -OCH3 is 1. The lowest BCUT2D eigenvalue weighted by molar-refractivity contribution is -0.122. The molecular formula is C15H23ClN2O3. The van der Waals surface area contributed by atoms with Crippen LogP contribution < -0.4 is 20.9 Å². The highest BCUT2D eigenvalue weighted by atomic mass is 35.5. The van der Waals surface area contributed by atoms with Gasteiger partial charge >= 0.3 is 0 Å². The van der Waals surface area contributed by atoms with Crippen molar-refractivity contribution in [3.05, 3.63) is 22.7 Å². The van der Waals surface area contributed by atoms with E-state index in [9.17, 15) is 4.79 Å². The molecule has 2 unspecified atom stereocenters. The van der Waals surface area contributed by atoms with Crippen LogP contribution in [0.25, 0.3) is 0 Å². The zero-order chi connectivity index (χ0) is 16.0. The molecule has 1 rings (SSSR count). The van der Waals surface area contributed by atoms with E-state index in [1.165, 1.54) is 0 Å². The molecule has 0 bridgehead atoms. The monoisotopic (exact) mass is 314 g/mol. The Morgan fingerprint density at radius 3 is 2.62 bits per heavy atom. The minimum absolute atomic E-state index is 0.0763. The zero-order valence-corrected chi connectivity index (χ0v) is 13.4. The molecule has 0 aliphatic carbocycles. The third-order valence-electron chi connectivity index (χ3n) is 3.27. The first-order valence-corrected chi connectivity index (χ1v) is 7.30. The van der Waals surface area contributed by atoms with Crippen LogP contribution in [0.3, 0.4) is 0 Å². The van der Waals surface area contributed by atoms with Gasteiger partial charge in [-0.3, -0.25) is 4.79 Å². The highest BCUT2D eigenvalue weighted by molar-refractivity contribution is 6.32. The molecule has 4 N–H and O–H groups in total. The van der Waals surface area contributed by atoms with Gasteiger partial charge in [-0.1, -0.05) is 25.4 Å². The number of primary amides is 1. The third-order valence-corrected chi connectivity index (χ3v) is 3.56. The number of hydrogen-bond acceptors (Lipinski definition) is 4. The van der Waals surface area contributed by atoms with Gasteiger partial charge in [-0.2, -0.15) is 0 Å². The van der Waals surface area contributed by atoms with Crippen molar-refractivity contribution in [2.45, 2.75) is 32.7 Å². The number of benzene rings is 1. The third kappa shape index (κ3) is 5.10. The molecule has 0 aliphatic heterocycles. The first-order chi connectivity index (χ1) is 9.88. The maximum Gasteiger partial charge on any atom is 0.223 e. The molecule has 1 aromatic carbocycles. The molecule has 2 atom stereocenters. The van der Waals surface area contributed by atoms with Gasteiger partial charge in [0.2, 0.25) is 5.91 Å². The molecule has 1 aromatic rings. The molecule has 21 heavy (non-hydrogen) atoms. The maximum atomic E-state index is 11.0. The second-order valence-electron chi connectivity index (χ2n) is 5.10. The first kappa shape index (κ1) is 17.6. The Bertz CT molecular complexity index is 494. The second-order valence-corrected chi connectivity index (χ2v) is 5.50. The first-order valence-electron chi connectivity index (χ1n) is 6.93. The number of carbonyl (C=O) groups excluding carboxylic acids is 1. The lowest BCUT2D eigenvalue weighted by Gasteiger charge is -2.17. The number of nitrogens with two attached hydrogens (primary N) is 2. The average molecular weight is 315 g/mol. The Kier molecular flexibility index (Phi) is 6.78. The van der Waals surface area contributed by atoms with Crippen LogP contribution in [-0.4, -0.2) is 25.7 Å². The molecular weight excluding hydrogens is 292 g/mol. The number of rotatable bonds is 8. The lowest BCUT2D eigenvalue weighted by Crippen LogP contribution is -2.26. The van der Waals surface area contributed by atoms with Crippen LogP contribution in [-0.2, 0) is 11.2 Å². The van der Waals surface area contributed by atoms with Crippen molar-refractivity contribution >= 4 is 17.5 Å². The second kappa shape index (κ2) is 8.10. The molecule has 1 amide bonds. The van der Waals surface area contributed by atoms with Crippen LogP contribution in [0.5, 0.6) is 11.5 Å².